The second-order valence-corrected chi connectivity index (χ2v) is 12.4. The molecule has 8 bridgehead atoms. The number of methoxy groups -OCH3 is 1. The number of nitrogens with zero attached hydrogens (tertiary/aromatic N) is 3. The molecule has 0 radical (unpaired) electrons. The van der Waals surface area contributed by atoms with E-state index in [0.717, 1.165) is 62.0 Å². The summed E-state index contributed by atoms with van der Waals surface area (Å²) in [5.41, 5.74) is 8.76. The standard InChI is InChI=1S/C37H41N4O5.Mg/c1-9-21-17(4)24-14-26-19(6)23(12-13-30(42)46-11-3)34(40-26)32-33(37(44)45-8)36(43)31-20(7)27(41-35(31)32)16-29-22(10-2)18(5)25(39-29)15-28(21)38-24;/h9,14-16,19,23,33-34,40,43H,1,10-13H2,2-8H3;/q-3;+2/b25-15-,26-14-,29-16-;/t19-,23-,33+,34?;/m0./s1. The number of ether oxygens (including phenoxy) is 2. The van der Waals surface area contributed by atoms with E-state index in [1.54, 1.807) is 6.92 Å². The first-order valence-corrected chi connectivity index (χ1v) is 16.0. The normalized spacial score (nSPS) is 23.4. The van der Waals surface area contributed by atoms with Gasteiger partial charge in [0.25, 0.3) is 0 Å². The molecule has 5 heterocycles. The van der Waals surface area contributed by atoms with Crippen LogP contribution in [-0.4, -0.2) is 59.9 Å². The van der Waals surface area contributed by atoms with Gasteiger partial charge in [-0.1, -0.05) is 67.0 Å². The molecule has 3 aliphatic rings. The van der Waals surface area contributed by atoms with Crippen LogP contribution in [0.3, 0.4) is 0 Å². The second kappa shape index (κ2) is 13.3. The van der Waals surface area contributed by atoms with Crippen molar-refractivity contribution in [1.29, 1.82) is 0 Å². The fraction of sp³-hybridized carbons (Fsp3) is 0.405. The Balaban J connectivity index is 0.00000433. The average Bonchev–Trinajstić information content (AvgIpc) is 3.77. The van der Waals surface area contributed by atoms with E-state index < -0.39 is 17.9 Å². The van der Waals surface area contributed by atoms with Gasteiger partial charge in [0, 0.05) is 23.3 Å². The van der Waals surface area contributed by atoms with Gasteiger partial charge in [0.15, 0.2) is 0 Å². The Morgan fingerprint density at radius 3 is 2.36 bits per heavy atom. The van der Waals surface area contributed by atoms with Crippen LogP contribution >= 0.6 is 0 Å². The van der Waals surface area contributed by atoms with Crippen LogP contribution in [0.2, 0.25) is 0 Å². The van der Waals surface area contributed by atoms with Crippen molar-refractivity contribution in [3.8, 4) is 0 Å². The summed E-state index contributed by atoms with van der Waals surface area (Å²) in [5, 5.41) is 18.2. The zero-order chi connectivity index (χ0) is 33.0. The van der Waals surface area contributed by atoms with Gasteiger partial charge in [0.1, 0.15) is 11.7 Å². The SMILES string of the molecule is C=Cc1c2[n-]c(c1C)/C=C1\NC(C3=c4[n-]c(c(C)c4=C(O)[C@@H]3C(=O)OC)/C=c3\[n-]/c(c(C)c3CC)=C\2)[C@@H](CCC(=O)OCC)[C@@H]1C.[Mg+2]. The summed E-state index contributed by atoms with van der Waals surface area (Å²) in [5.74, 6) is -2.08. The Morgan fingerprint density at radius 1 is 1.00 bits per heavy atom. The van der Waals surface area contributed by atoms with E-state index in [-0.39, 0.29) is 53.0 Å². The average molecular weight is 646 g/mol. The third-order valence-electron chi connectivity index (χ3n) is 10.1. The third kappa shape index (κ3) is 5.59. The number of esters is 2. The van der Waals surface area contributed by atoms with E-state index in [2.05, 4.69) is 38.7 Å². The molecule has 3 aromatic rings. The molecule has 242 valence electrons. The Hall–Kier alpha value is -3.89. The summed E-state index contributed by atoms with van der Waals surface area (Å²) in [6.07, 6.45) is 9.39. The Bertz CT molecular complexity index is 2060. The number of aliphatic hydroxyl groups is 1. The quantitative estimate of drug-likeness (QED) is 0.290. The number of hydrogen-bond acceptors (Lipinski definition) is 6. The van der Waals surface area contributed by atoms with E-state index >= 15 is 0 Å². The minimum Gasteiger partial charge on any atom is -0.657 e. The summed E-state index contributed by atoms with van der Waals surface area (Å²) in [6.45, 7) is 16.4. The zero-order valence-electron chi connectivity index (χ0n) is 28.3. The number of rotatable bonds is 7. The summed E-state index contributed by atoms with van der Waals surface area (Å²) < 4.78 is 10.5. The van der Waals surface area contributed by atoms with Crippen LogP contribution in [-0.2, 0) is 25.5 Å². The molecule has 1 aliphatic carbocycles. The van der Waals surface area contributed by atoms with Crippen molar-refractivity contribution in [2.24, 2.45) is 17.8 Å². The van der Waals surface area contributed by atoms with Gasteiger partial charge in [-0.15, -0.1) is 33.1 Å². The molecular weight excluding hydrogens is 605 g/mol. The topological polar surface area (TPSA) is 127 Å². The van der Waals surface area contributed by atoms with Crippen LogP contribution in [0.5, 0.6) is 0 Å². The van der Waals surface area contributed by atoms with Crippen molar-refractivity contribution >= 4 is 70.6 Å². The number of nitrogens with one attached hydrogen (secondary N) is 1. The van der Waals surface area contributed by atoms with Crippen LogP contribution in [0.4, 0.5) is 0 Å². The van der Waals surface area contributed by atoms with Crippen molar-refractivity contribution in [1.82, 2.24) is 20.3 Å². The molecule has 2 aliphatic heterocycles. The molecule has 2 N–H and O–H groups in total. The van der Waals surface area contributed by atoms with Gasteiger partial charge < -0.3 is 34.8 Å². The van der Waals surface area contributed by atoms with E-state index in [4.69, 9.17) is 24.4 Å². The van der Waals surface area contributed by atoms with E-state index in [1.807, 2.05) is 32.1 Å². The minimum atomic E-state index is -1.02. The molecule has 1 saturated heterocycles. The van der Waals surface area contributed by atoms with Crippen molar-refractivity contribution in [3.05, 3.63) is 78.4 Å². The number of carbonyl (C=O) groups is 2. The maximum atomic E-state index is 13.4. The van der Waals surface area contributed by atoms with Crippen LogP contribution in [0.15, 0.2) is 12.3 Å². The van der Waals surface area contributed by atoms with Gasteiger partial charge >= 0.3 is 35.0 Å². The maximum Gasteiger partial charge on any atom is 2.00 e. The number of aliphatic hydroxyl groups excluding tert-OH is 1. The fourth-order valence-electron chi connectivity index (χ4n) is 7.55. The summed E-state index contributed by atoms with van der Waals surface area (Å²) in [6, 6.07) is -0.421. The van der Waals surface area contributed by atoms with Gasteiger partial charge in [-0.05, 0) is 57.6 Å². The summed E-state index contributed by atoms with van der Waals surface area (Å²) in [7, 11) is 1.32. The molecule has 9 nitrogen and oxygen atoms in total. The van der Waals surface area contributed by atoms with Crippen LogP contribution in [0.1, 0.15) is 78.5 Å². The predicted molar refractivity (Wildman–Crippen MR) is 183 cm³/mol. The molecular formula is C37H41MgN4O5-. The minimum absolute atomic E-state index is 0. The van der Waals surface area contributed by atoms with Crippen LogP contribution < -0.4 is 41.5 Å². The van der Waals surface area contributed by atoms with E-state index in [9.17, 15) is 14.7 Å². The van der Waals surface area contributed by atoms with Crippen molar-refractivity contribution < 1.29 is 24.2 Å². The van der Waals surface area contributed by atoms with Gasteiger partial charge in [-0.2, -0.15) is 0 Å². The number of hydrogen-bond donors (Lipinski definition) is 2. The molecule has 3 aromatic heterocycles. The van der Waals surface area contributed by atoms with Gasteiger partial charge in [0.05, 0.1) is 19.8 Å². The molecule has 0 spiro atoms. The molecule has 0 aromatic carbocycles. The van der Waals surface area contributed by atoms with Gasteiger partial charge in [-0.3, -0.25) is 9.59 Å². The molecule has 1 unspecified atom stereocenters. The van der Waals surface area contributed by atoms with Gasteiger partial charge in [-0.25, -0.2) is 0 Å². The van der Waals surface area contributed by atoms with E-state index in [1.165, 1.54) is 7.11 Å². The first-order chi connectivity index (χ1) is 22.0. The number of fused-ring (bicyclic) bond motifs is 8. The van der Waals surface area contributed by atoms with E-state index in [0.29, 0.717) is 34.9 Å². The largest absolute Gasteiger partial charge is 2.00 e. The van der Waals surface area contributed by atoms with Gasteiger partial charge in [0.2, 0.25) is 0 Å². The molecule has 4 atom stereocenters. The predicted octanol–water partition coefficient (Wildman–Crippen LogP) is 1.51. The molecule has 0 saturated carbocycles. The Labute approximate surface area is 290 Å². The summed E-state index contributed by atoms with van der Waals surface area (Å²) in [4.78, 5) is 41.1. The third-order valence-corrected chi connectivity index (χ3v) is 10.1. The number of allylic oxidation sites excluding steroid dienone is 1. The molecule has 0 amide bonds. The smallest absolute Gasteiger partial charge is 0.657 e. The molecule has 6 rings (SSSR count). The first kappa shape index (κ1) is 34.4. The first-order valence-electron chi connectivity index (χ1n) is 16.0. The second-order valence-electron chi connectivity index (χ2n) is 12.4. The Morgan fingerprint density at radius 2 is 1.70 bits per heavy atom. The van der Waals surface area contributed by atoms with Crippen LogP contribution in [0, 0.1) is 38.5 Å². The summed E-state index contributed by atoms with van der Waals surface area (Å²) >= 11 is 0. The number of aromatic nitrogens is 3. The fourth-order valence-corrected chi connectivity index (χ4v) is 7.55. The number of carbonyl (C=O) groups excluding carboxylic acids is 2. The monoisotopic (exact) mass is 645 g/mol. The Kier molecular flexibility index (Phi) is 9.76. The molecule has 47 heavy (non-hydrogen) atoms. The molecule has 1 fully saturated rings. The zero-order valence-corrected chi connectivity index (χ0v) is 29.7. The van der Waals surface area contributed by atoms with Crippen molar-refractivity contribution in [2.75, 3.05) is 13.7 Å². The van der Waals surface area contributed by atoms with Crippen molar-refractivity contribution in [3.63, 3.8) is 0 Å². The van der Waals surface area contributed by atoms with Crippen LogP contribution in [0.25, 0.3) is 35.6 Å². The molecule has 10 heteroatoms. The van der Waals surface area contributed by atoms with Crippen molar-refractivity contribution in [2.45, 2.75) is 66.8 Å². The maximum absolute atomic E-state index is 13.4.